The first-order valence-electron chi connectivity index (χ1n) is 8.30. The standard InChI is InChI=1S/C18H17N3O3S2/c22-16(20-5-7-24-8-6-20)11-21-10-12(13-3-1-2-4-14(13)21)9-15-17(23)19-18(25)26-15/h1-4,9-10H,5-8,11H2,(H,19,23,25)/b15-9-. The van der Waals surface area contributed by atoms with Crippen LogP contribution in [0.25, 0.3) is 17.0 Å². The van der Waals surface area contributed by atoms with Crippen LogP contribution < -0.4 is 5.32 Å². The van der Waals surface area contributed by atoms with Crippen LogP contribution in [0.2, 0.25) is 0 Å². The van der Waals surface area contributed by atoms with Gasteiger partial charge in [0.15, 0.2) is 0 Å². The van der Waals surface area contributed by atoms with E-state index in [1.165, 1.54) is 11.8 Å². The van der Waals surface area contributed by atoms with Crippen molar-refractivity contribution in [3.05, 3.63) is 40.9 Å². The lowest BCUT2D eigenvalue weighted by Crippen LogP contribution is -2.42. The minimum atomic E-state index is -0.179. The molecule has 8 heteroatoms. The average molecular weight is 387 g/mol. The highest BCUT2D eigenvalue weighted by Crippen LogP contribution is 2.29. The second kappa shape index (κ2) is 7.22. The Morgan fingerprint density at radius 3 is 2.81 bits per heavy atom. The van der Waals surface area contributed by atoms with E-state index in [2.05, 4.69) is 5.32 Å². The zero-order valence-corrected chi connectivity index (χ0v) is 15.6. The third-order valence-corrected chi connectivity index (χ3v) is 5.58. The first kappa shape index (κ1) is 17.3. The fourth-order valence-corrected chi connectivity index (χ4v) is 4.18. The van der Waals surface area contributed by atoms with Crippen molar-refractivity contribution in [2.75, 3.05) is 26.3 Å². The van der Waals surface area contributed by atoms with Gasteiger partial charge < -0.3 is 19.5 Å². The van der Waals surface area contributed by atoms with E-state index in [9.17, 15) is 9.59 Å². The van der Waals surface area contributed by atoms with E-state index in [-0.39, 0.29) is 18.4 Å². The van der Waals surface area contributed by atoms with Gasteiger partial charge in [-0.25, -0.2) is 0 Å². The predicted octanol–water partition coefficient (Wildman–Crippen LogP) is 1.99. The van der Waals surface area contributed by atoms with Gasteiger partial charge in [-0.3, -0.25) is 9.59 Å². The van der Waals surface area contributed by atoms with Gasteiger partial charge in [-0.1, -0.05) is 42.2 Å². The number of aromatic nitrogens is 1. The minimum absolute atomic E-state index is 0.0717. The van der Waals surface area contributed by atoms with E-state index in [0.717, 1.165) is 16.5 Å². The number of nitrogens with zero attached hydrogens (tertiary/aromatic N) is 2. The molecule has 134 valence electrons. The van der Waals surface area contributed by atoms with Crippen LogP contribution in [0.3, 0.4) is 0 Å². The normalized spacial score (nSPS) is 19.4. The number of hydrogen-bond acceptors (Lipinski definition) is 5. The van der Waals surface area contributed by atoms with Gasteiger partial charge >= 0.3 is 0 Å². The zero-order chi connectivity index (χ0) is 18.1. The molecule has 0 aliphatic carbocycles. The van der Waals surface area contributed by atoms with Gasteiger partial charge in [0.05, 0.1) is 18.1 Å². The molecule has 2 aromatic rings. The number of hydrogen-bond donors (Lipinski definition) is 1. The molecule has 0 spiro atoms. The molecule has 0 atom stereocenters. The lowest BCUT2D eigenvalue weighted by atomic mass is 10.1. The summed E-state index contributed by atoms with van der Waals surface area (Å²) in [5.74, 6) is -0.108. The summed E-state index contributed by atoms with van der Waals surface area (Å²) in [6.45, 7) is 2.69. The van der Waals surface area contributed by atoms with Crippen LogP contribution in [0, 0.1) is 0 Å². The molecular formula is C18H17N3O3S2. The number of nitrogens with one attached hydrogen (secondary N) is 1. The Hall–Kier alpha value is -2.16. The Morgan fingerprint density at radius 2 is 2.08 bits per heavy atom. The van der Waals surface area contributed by atoms with Crippen molar-refractivity contribution in [2.24, 2.45) is 0 Å². The highest BCUT2D eigenvalue weighted by molar-refractivity contribution is 8.26. The molecule has 3 heterocycles. The molecule has 26 heavy (non-hydrogen) atoms. The predicted molar refractivity (Wildman–Crippen MR) is 106 cm³/mol. The maximum Gasteiger partial charge on any atom is 0.263 e. The zero-order valence-electron chi connectivity index (χ0n) is 13.9. The van der Waals surface area contributed by atoms with Crippen molar-refractivity contribution in [3.8, 4) is 0 Å². The van der Waals surface area contributed by atoms with Crippen molar-refractivity contribution in [1.82, 2.24) is 14.8 Å². The van der Waals surface area contributed by atoms with Crippen LogP contribution in [0.1, 0.15) is 5.56 Å². The Morgan fingerprint density at radius 1 is 1.31 bits per heavy atom. The SMILES string of the molecule is O=C1NC(=S)S/C1=C\c1cn(CC(=O)N2CCOCC2)c2ccccc12. The second-order valence-corrected chi connectivity index (χ2v) is 7.79. The van der Waals surface area contributed by atoms with Gasteiger partial charge in [0.25, 0.3) is 5.91 Å². The fraction of sp³-hybridized carbons (Fsp3) is 0.278. The number of thioether (sulfide) groups is 1. The fourth-order valence-electron chi connectivity index (χ4n) is 3.14. The molecule has 0 radical (unpaired) electrons. The van der Waals surface area contributed by atoms with Crippen LogP contribution >= 0.6 is 24.0 Å². The number of ether oxygens (including phenoxy) is 1. The summed E-state index contributed by atoms with van der Waals surface area (Å²) in [6.07, 6.45) is 3.75. The number of para-hydroxylation sites is 1. The largest absolute Gasteiger partial charge is 0.378 e. The summed E-state index contributed by atoms with van der Waals surface area (Å²) in [5.41, 5.74) is 1.87. The number of morpholine rings is 1. The Kier molecular flexibility index (Phi) is 4.80. The van der Waals surface area contributed by atoms with Crippen molar-refractivity contribution < 1.29 is 14.3 Å². The number of thiocarbonyl (C=S) groups is 1. The van der Waals surface area contributed by atoms with Crippen molar-refractivity contribution in [3.63, 3.8) is 0 Å². The second-order valence-electron chi connectivity index (χ2n) is 6.07. The van der Waals surface area contributed by atoms with Crippen molar-refractivity contribution in [2.45, 2.75) is 6.54 Å². The molecule has 1 N–H and O–H groups in total. The molecule has 4 rings (SSSR count). The van der Waals surface area contributed by atoms with Crippen LogP contribution in [0.4, 0.5) is 0 Å². The summed E-state index contributed by atoms with van der Waals surface area (Å²) in [4.78, 5) is 27.0. The molecular weight excluding hydrogens is 370 g/mol. The van der Waals surface area contributed by atoms with E-state index in [0.29, 0.717) is 35.5 Å². The molecule has 0 bridgehead atoms. The van der Waals surface area contributed by atoms with E-state index < -0.39 is 0 Å². The van der Waals surface area contributed by atoms with E-state index in [1.54, 1.807) is 0 Å². The molecule has 2 aliphatic heterocycles. The monoisotopic (exact) mass is 387 g/mol. The lowest BCUT2D eigenvalue weighted by Gasteiger charge is -2.27. The number of carbonyl (C=O) groups is 2. The highest BCUT2D eigenvalue weighted by Gasteiger charge is 2.23. The Balaban J connectivity index is 1.66. The summed E-state index contributed by atoms with van der Waals surface area (Å²) in [6, 6.07) is 7.87. The molecule has 2 saturated heterocycles. The minimum Gasteiger partial charge on any atom is -0.378 e. The number of carbonyl (C=O) groups excluding carboxylic acids is 2. The highest BCUT2D eigenvalue weighted by atomic mass is 32.2. The lowest BCUT2D eigenvalue weighted by molar-refractivity contribution is -0.135. The molecule has 0 unspecified atom stereocenters. The third kappa shape index (κ3) is 3.40. The third-order valence-electron chi connectivity index (χ3n) is 4.42. The number of benzene rings is 1. The summed E-state index contributed by atoms with van der Waals surface area (Å²) in [7, 11) is 0. The van der Waals surface area contributed by atoms with Crippen LogP contribution in [-0.4, -0.2) is 51.9 Å². The molecule has 1 aromatic carbocycles. The molecule has 0 saturated carbocycles. The molecule has 2 fully saturated rings. The maximum absolute atomic E-state index is 12.6. The number of fused-ring (bicyclic) bond motifs is 1. The number of rotatable bonds is 3. The molecule has 2 amide bonds. The number of amides is 2. The van der Waals surface area contributed by atoms with Crippen LogP contribution in [-0.2, 0) is 20.9 Å². The summed E-state index contributed by atoms with van der Waals surface area (Å²) >= 11 is 6.30. The topological polar surface area (TPSA) is 63.6 Å². The smallest absolute Gasteiger partial charge is 0.263 e. The van der Waals surface area contributed by atoms with E-state index >= 15 is 0 Å². The molecule has 2 aliphatic rings. The Labute approximate surface area is 160 Å². The summed E-state index contributed by atoms with van der Waals surface area (Å²) < 4.78 is 7.71. The van der Waals surface area contributed by atoms with Gasteiger partial charge in [-0.05, 0) is 12.1 Å². The first-order chi connectivity index (χ1) is 12.6. The van der Waals surface area contributed by atoms with Crippen LogP contribution in [0.15, 0.2) is 35.4 Å². The first-order valence-corrected chi connectivity index (χ1v) is 9.52. The van der Waals surface area contributed by atoms with Gasteiger partial charge in [0.1, 0.15) is 10.9 Å². The van der Waals surface area contributed by atoms with Crippen molar-refractivity contribution >= 4 is 57.1 Å². The van der Waals surface area contributed by atoms with E-state index in [4.69, 9.17) is 17.0 Å². The van der Waals surface area contributed by atoms with Gasteiger partial charge in [-0.15, -0.1) is 0 Å². The average Bonchev–Trinajstić information content (AvgIpc) is 3.16. The molecule has 6 nitrogen and oxygen atoms in total. The maximum atomic E-state index is 12.6. The summed E-state index contributed by atoms with van der Waals surface area (Å²) in [5, 5.41) is 3.63. The van der Waals surface area contributed by atoms with Gasteiger partial charge in [0, 0.05) is 35.8 Å². The van der Waals surface area contributed by atoms with Crippen molar-refractivity contribution in [1.29, 1.82) is 0 Å². The Bertz CT molecular complexity index is 929. The molecule has 1 aromatic heterocycles. The van der Waals surface area contributed by atoms with E-state index in [1.807, 2.05) is 46.0 Å². The van der Waals surface area contributed by atoms with Gasteiger partial charge in [0.2, 0.25) is 5.91 Å². The quantitative estimate of drug-likeness (QED) is 0.645. The van der Waals surface area contributed by atoms with Gasteiger partial charge in [-0.2, -0.15) is 0 Å². The van der Waals surface area contributed by atoms with Crippen LogP contribution in [0.5, 0.6) is 0 Å².